The molecule has 0 spiro atoms. The summed E-state index contributed by atoms with van der Waals surface area (Å²) < 4.78 is 67.5. The highest BCUT2D eigenvalue weighted by atomic mass is 35.5. The first-order valence-corrected chi connectivity index (χ1v) is 15.6. The predicted octanol–water partition coefficient (Wildman–Crippen LogP) is 4.24. The van der Waals surface area contributed by atoms with Crippen molar-refractivity contribution in [3.63, 3.8) is 0 Å². The second kappa shape index (κ2) is 14.8. The Morgan fingerprint density at radius 2 is 1.85 bits per heavy atom. The number of hydrogen-bond donors (Lipinski definition) is 4. The Morgan fingerprint density at radius 1 is 1.15 bits per heavy atom. The Bertz CT molecular complexity index is 1970. The van der Waals surface area contributed by atoms with E-state index in [9.17, 15) is 21.6 Å². The highest BCUT2D eigenvalue weighted by molar-refractivity contribution is 7.89. The van der Waals surface area contributed by atoms with Gasteiger partial charge in [0.1, 0.15) is 11.0 Å². The maximum absolute atomic E-state index is 11.4. The Balaban J connectivity index is 0.000000644. The number of benzene rings is 2. The summed E-state index contributed by atoms with van der Waals surface area (Å²) in [5, 5.41) is 23.8. The van der Waals surface area contributed by atoms with E-state index >= 15 is 0 Å². The van der Waals surface area contributed by atoms with Crippen LogP contribution in [0, 0.1) is 0 Å². The van der Waals surface area contributed by atoms with Crippen molar-refractivity contribution in [3.8, 4) is 28.5 Å². The molecule has 19 heteroatoms. The molecule has 0 aliphatic carbocycles. The third kappa shape index (κ3) is 8.73. The van der Waals surface area contributed by atoms with E-state index in [2.05, 4.69) is 20.6 Å². The number of halogens is 4. The number of hydrogen-bond acceptors (Lipinski definition) is 11. The summed E-state index contributed by atoms with van der Waals surface area (Å²) in [6, 6.07) is 13.8. The van der Waals surface area contributed by atoms with E-state index in [1.807, 2.05) is 29.7 Å². The molecule has 0 aliphatic rings. The molecule has 14 nitrogen and oxygen atoms in total. The number of nitrogens with zero attached hydrogens (tertiary/aromatic N) is 5. The normalized spacial score (nSPS) is 11.7. The number of pyridine rings is 1. The maximum Gasteiger partial charge on any atom is 0.490 e. The molecule has 5 rings (SSSR count). The number of anilines is 1. The van der Waals surface area contributed by atoms with Gasteiger partial charge < -0.3 is 25.5 Å². The summed E-state index contributed by atoms with van der Waals surface area (Å²) in [6.07, 6.45) is -2.69. The molecule has 0 aliphatic heterocycles. The first kappa shape index (κ1) is 35.1. The number of sulfonamides is 1. The van der Waals surface area contributed by atoms with Crippen LogP contribution in [0.15, 0.2) is 64.3 Å². The van der Waals surface area contributed by atoms with E-state index in [-0.39, 0.29) is 10.7 Å². The fraction of sp³-hybridized carbons (Fsp3) is 0.250. The molecule has 0 radical (unpaired) electrons. The van der Waals surface area contributed by atoms with Gasteiger partial charge in [-0.3, -0.25) is 0 Å². The molecule has 0 amide bonds. The van der Waals surface area contributed by atoms with Gasteiger partial charge in [0.25, 0.3) is 0 Å². The zero-order valence-electron chi connectivity index (χ0n) is 24.5. The van der Waals surface area contributed by atoms with Crippen LogP contribution in [-0.4, -0.2) is 63.7 Å². The summed E-state index contributed by atoms with van der Waals surface area (Å²) in [6.45, 7) is 4.20. The predicted molar refractivity (Wildman–Crippen MR) is 165 cm³/mol. The van der Waals surface area contributed by atoms with E-state index in [1.165, 1.54) is 12.1 Å². The fourth-order valence-corrected chi connectivity index (χ4v) is 5.02. The number of nitrogen functional groups attached to an aromatic ring is 1. The van der Waals surface area contributed by atoms with Crippen LogP contribution in [0.4, 0.5) is 19.0 Å². The molecule has 0 saturated carbocycles. The number of primary sulfonamides is 1. The van der Waals surface area contributed by atoms with Gasteiger partial charge in [-0.25, -0.2) is 32.9 Å². The third-order valence-electron chi connectivity index (χ3n) is 6.46. The van der Waals surface area contributed by atoms with Gasteiger partial charge >= 0.3 is 12.1 Å². The number of aliphatic carboxylic acids is 1. The summed E-state index contributed by atoms with van der Waals surface area (Å²) in [4.78, 5) is 18.5. The molecule has 5 aromatic rings. The van der Waals surface area contributed by atoms with Crippen LogP contribution in [-0.2, 0) is 27.9 Å². The van der Waals surface area contributed by atoms with E-state index in [0.29, 0.717) is 66.2 Å². The summed E-state index contributed by atoms with van der Waals surface area (Å²) in [7, 11) is -3.70. The topological polar surface area (TPSA) is 214 Å². The van der Waals surface area contributed by atoms with E-state index in [0.717, 1.165) is 16.6 Å². The fourth-order valence-electron chi connectivity index (χ4n) is 4.31. The molecule has 0 saturated heterocycles. The Labute approximate surface area is 270 Å². The average Bonchev–Trinajstić information content (AvgIpc) is 3.61. The number of carboxylic acid groups (broad SMARTS) is 1. The summed E-state index contributed by atoms with van der Waals surface area (Å²) >= 11 is 6.26. The van der Waals surface area contributed by atoms with Crippen molar-refractivity contribution < 1.29 is 40.9 Å². The molecular weight excluding hydrogens is 669 g/mol. The zero-order valence-corrected chi connectivity index (χ0v) is 26.1. The van der Waals surface area contributed by atoms with Crippen LogP contribution in [0.1, 0.15) is 18.9 Å². The number of imidazole rings is 1. The van der Waals surface area contributed by atoms with Crippen molar-refractivity contribution in [2.24, 2.45) is 5.14 Å². The molecule has 0 atom stereocenters. The molecular formula is C28H28ClF3N8O6S. The van der Waals surface area contributed by atoms with Gasteiger partial charge in [-0.15, -0.1) is 0 Å². The van der Waals surface area contributed by atoms with E-state index < -0.39 is 22.2 Å². The number of nitrogens with one attached hydrogen (secondary N) is 1. The monoisotopic (exact) mass is 696 g/mol. The number of alkyl halides is 3. The van der Waals surface area contributed by atoms with Crippen LogP contribution in [0.2, 0.25) is 5.02 Å². The standard InChI is InChI=1S/C26H27ClN8O4S.C2HF3O2/c1-2-35-24-20(38-12-4-11-30-14-16-7-9-19(10-8-16)40(29,36)37)15-31-21(17-5-3-6-18(27)13-17)22(24)32-26(35)23-25(28)34-39-33-23;3-2(4,5)1(6)7/h3,5-10,13,15,30H,2,4,11-12,14H2,1H3,(H2,28,34)(H2,29,36,37);(H,6,7). The lowest BCUT2D eigenvalue weighted by atomic mass is 10.1. The van der Waals surface area contributed by atoms with Crippen molar-refractivity contribution in [1.29, 1.82) is 0 Å². The van der Waals surface area contributed by atoms with Crippen LogP contribution in [0.5, 0.6) is 5.75 Å². The van der Waals surface area contributed by atoms with Crippen molar-refractivity contribution in [2.75, 3.05) is 18.9 Å². The van der Waals surface area contributed by atoms with Crippen LogP contribution >= 0.6 is 11.6 Å². The Morgan fingerprint density at radius 3 is 2.43 bits per heavy atom. The van der Waals surface area contributed by atoms with Gasteiger partial charge in [-0.05, 0) is 60.0 Å². The lowest BCUT2D eigenvalue weighted by Crippen LogP contribution is -2.21. The van der Waals surface area contributed by atoms with Crippen molar-refractivity contribution in [1.82, 2.24) is 30.2 Å². The number of carboxylic acids is 1. The molecule has 0 bridgehead atoms. The number of rotatable bonds is 11. The number of aryl methyl sites for hydroxylation is 1. The van der Waals surface area contributed by atoms with Crippen molar-refractivity contribution >= 4 is 44.4 Å². The number of nitrogens with two attached hydrogens (primary N) is 2. The largest absolute Gasteiger partial charge is 0.490 e. The quantitative estimate of drug-likeness (QED) is 0.143. The molecule has 0 fully saturated rings. The number of aromatic nitrogens is 5. The first-order valence-electron chi connectivity index (χ1n) is 13.7. The minimum Gasteiger partial charge on any atom is -0.490 e. The van der Waals surface area contributed by atoms with Crippen molar-refractivity contribution in [2.45, 2.75) is 37.5 Å². The molecule has 3 aromatic heterocycles. The molecule has 0 unspecified atom stereocenters. The number of carbonyl (C=O) groups is 1. The number of fused-ring (bicyclic) bond motifs is 1. The van der Waals surface area contributed by atoms with Gasteiger partial charge in [-0.2, -0.15) is 13.2 Å². The van der Waals surface area contributed by atoms with E-state index in [4.69, 9.17) is 46.7 Å². The third-order valence-corrected chi connectivity index (χ3v) is 7.62. The first-order chi connectivity index (χ1) is 22.2. The average molecular weight is 697 g/mol. The highest BCUT2D eigenvalue weighted by Crippen LogP contribution is 2.37. The molecule has 250 valence electrons. The van der Waals surface area contributed by atoms with Gasteiger partial charge in [0, 0.05) is 23.7 Å². The lowest BCUT2D eigenvalue weighted by Gasteiger charge is -2.12. The molecule has 3 heterocycles. The summed E-state index contributed by atoms with van der Waals surface area (Å²) in [5.41, 5.74) is 10.1. The summed E-state index contributed by atoms with van der Waals surface area (Å²) in [5.74, 6) is -1.56. The van der Waals surface area contributed by atoms with Crippen molar-refractivity contribution in [3.05, 3.63) is 65.3 Å². The molecule has 47 heavy (non-hydrogen) atoms. The van der Waals surface area contributed by atoms with E-state index in [1.54, 1.807) is 24.4 Å². The SMILES string of the molecule is CCn1c(-c2nonc2N)nc2c(-c3cccc(Cl)c3)ncc(OCCCNCc3ccc(S(N)(=O)=O)cc3)c21.O=C(O)C(F)(F)F. The second-order valence-corrected chi connectivity index (χ2v) is 11.7. The minimum atomic E-state index is -5.08. The zero-order chi connectivity index (χ0) is 34.4. The van der Waals surface area contributed by atoms with Gasteiger partial charge in [0.05, 0.1) is 23.4 Å². The van der Waals surface area contributed by atoms with Gasteiger partial charge in [-0.1, -0.05) is 35.9 Å². The molecule has 2 aromatic carbocycles. The smallest absolute Gasteiger partial charge is 0.490 e. The van der Waals surface area contributed by atoms with Crippen LogP contribution < -0.4 is 20.9 Å². The Kier molecular flexibility index (Phi) is 11.0. The maximum atomic E-state index is 11.4. The highest BCUT2D eigenvalue weighted by Gasteiger charge is 2.38. The molecule has 6 N–H and O–H groups in total. The van der Waals surface area contributed by atoms with Crippen LogP contribution in [0.25, 0.3) is 33.8 Å². The number of ether oxygens (including phenoxy) is 1. The minimum absolute atomic E-state index is 0.0860. The second-order valence-electron chi connectivity index (χ2n) is 9.73. The van der Waals surface area contributed by atoms with Crippen LogP contribution in [0.3, 0.4) is 0 Å². The van der Waals surface area contributed by atoms with Gasteiger partial charge in [0.2, 0.25) is 10.0 Å². The Hall–Kier alpha value is -4.78. The van der Waals surface area contributed by atoms with Gasteiger partial charge in [0.15, 0.2) is 23.1 Å². The lowest BCUT2D eigenvalue weighted by molar-refractivity contribution is -0.192.